The van der Waals surface area contributed by atoms with Gasteiger partial charge < -0.3 is 9.73 Å². The molecular weight excluding hydrogens is 304 g/mol. The van der Waals surface area contributed by atoms with Crippen molar-refractivity contribution >= 4 is 29.6 Å². The van der Waals surface area contributed by atoms with Crippen LogP contribution >= 0.6 is 0 Å². The number of nitro groups is 1. The van der Waals surface area contributed by atoms with Gasteiger partial charge in [0.2, 0.25) is 5.91 Å². The molecule has 0 saturated carbocycles. The number of furan rings is 1. The Kier molecular flexibility index (Phi) is 4.82. The highest BCUT2D eigenvalue weighted by Gasteiger charge is 2.10. The number of amides is 2. The molecule has 0 bridgehead atoms. The summed E-state index contributed by atoms with van der Waals surface area (Å²) in [6.07, 6.45) is 1.14. The zero-order valence-electron chi connectivity index (χ0n) is 12.0. The van der Waals surface area contributed by atoms with Gasteiger partial charge in [0, 0.05) is 18.2 Å². The van der Waals surface area contributed by atoms with E-state index in [0.717, 1.165) is 6.21 Å². The maximum absolute atomic E-state index is 11.9. The van der Waals surface area contributed by atoms with Crippen molar-refractivity contribution in [3.8, 4) is 0 Å². The molecule has 2 amide bonds. The molecule has 0 atom stereocenters. The Morgan fingerprint density at radius 2 is 2.09 bits per heavy atom. The van der Waals surface area contributed by atoms with Crippen LogP contribution in [-0.4, -0.2) is 23.0 Å². The minimum atomic E-state index is -0.677. The Labute approximate surface area is 130 Å². The summed E-state index contributed by atoms with van der Waals surface area (Å²) in [6, 6.07) is 8.83. The molecule has 2 N–H and O–H groups in total. The minimum absolute atomic E-state index is 0.129. The summed E-state index contributed by atoms with van der Waals surface area (Å²) < 4.78 is 4.85. The number of rotatable bonds is 5. The van der Waals surface area contributed by atoms with Gasteiger partial charge in [0.25, 0.3) is 5.91 Å². The van der Waals surface area contributed by atoms with Gasteiger partial charge in [0.15, 0.2) is 5.76 Å². The smallest absolute Gasteiger partial charge is 0.400 e. The van der Waals surface area contributed by atoms with E-state index in [0.29, 0.717) is 11.3 Å². The predicted molar refractivity (Wildman–Crippen MR) is 81.2 cm³/mol. The molecule has 1 aromatic heterocycles. The number of hydrazone groups is 1. The molecule has 1 aromatic carbocycles. The molecule has 0 saturated heterocycles. The average Bonchev–Trinajstić information content (AvgIpc) is 2.96. The van der Waals surface area contributed by atoms with Gasteiger partial charge in [0.05, 0.1) is 12.3 Å². The van der Waals surface area contributed by atoms with E-state index in [1.807, 2.05) is 0 Å². The molecule has 0 fully saturated rings. The van der Waals surface area contributed by atoms with E-state index in [2.05, 4.69) is 15.8 Å². The van der Waals surface area contributed by atoms with Gasteiger partial charge in [-0.2, -0.15) is 5.10 Å². The van der Waals surface area contributed by atoms with Crippen LogP contribution in [0.3, 0.4) is 0 Å². The third-order valence-corrected chi connectivity index (χ3v) is 2.60. The number of carbonyl (C=O) groups is 2. The van der Waals surface area contributed by atoms with Crippen LogP contribution in [0.1, 0.15) is 23.0 Å². The van der Waals surface area contributed by atoms with Crippen molar-refractivity contribution in [2.24, 2.45) is 5.10 Å². The van der Waals surface area contributed by atoms with Gasteiger partial charge in [-0.25, -0.2) is 5.43 Å². The lowest BCUT2D eigenvalue weighted by atomic mass is 10.2. The molecule has 0 radical (unpaired) electrons. The zero-order chi connectivity index (χ0) is 16.8. The highest BCUT2D eigenvalue weighted by Crippen LogP contribution is 2.14. The summed E-state index contributed by atoms with van der Waals surface area (Å²) in [4.78, 5) is 32.7. The highest BCUT2D eigenvalue weighted by molar-refractivity contribution is 5.97. The fourth-order valence-corrected chi connectivity index (χ4v) is 1.67. The molecule has 9 heteroatoms. The number of carbonyl (C=O) groups excluding carboxylic acids is 2. The summed E-state index contributed by atoms with van der Waals surface area (Å²) in [5, 5.41) is 16.7. The van der Waals surface area contributed by atoms with Crippen LogP contribution in [0.25, 0.3) is 0 Å². The molecule has 1 heterocycles. The second-order valence-corrected chi connectivity index (χ2v) is 4.39. The van der Waals surface area contributed by atoms with Crippen LogP contribution in [-0.2, 0) is 4.79 Å². The number of hydrogen-bond donors (Lipinski definition) is 2. The average molecular weight is 316 g/mol. The molecule has 0 unspecified atom stereocenters. The minimum Gasteiger partial charge on any atom is -0.400 e. The lowest BCUT2D eigenvalue weighted by molar-refractivity contribution is -0.402. The molecule has 118 valence electrons. The molecule has 9 nitrogen and oxygen atoms in total. The van der Waals surface area contributed by atoms with Crippen molar-refractivity contribution in [1.29, 1.82) is 0 Å². The Morgan fingerprint density at radius 1 is 1.30 bits per heavy atom. The Bertz CT molecular complexity index is 781. The van der Waals surface area contributed by atoms with Gasteiger partial charge in [-0.1, -0.05) is 6.07 Å². The highest BCUT2D eigenvalue weighted by atomic mass is 16.6. The van der Waals surface area contributed by atoms with Crippen LogP contribution in [0.5, 0.6) is 0 Å². The van der Waals surface area contributed by atoms with Crippen LogP contribution in [0, 0.1) is 10.1 Å². The topological polar surface area (TPSA) is 127 Å². The lowest BCUT2D eigenvalue weighted by Crippen LogP contribution is -2.18. The number of nitrogens with one attached hydrogen (secondary N) is 2. The van der Waals surface area contributed by atoms with Crippen LogP contribution in [0.15, 0.2) is 45.9 Å². The third-order valence-electron chi connectivity index (χ3n) is 2.60. The molecule has 0 aliphatic carbocycles. The normalized spacial score (nSPS) is 10.5. The number of nitrogens with zero attached hydrogens (tertiary/aromatic N) is 2. The first-order chi connectivity index (χ1) is 11.0. The largest absolute Gasteiger partial charge is 0.433 e. The van der Waals surface area contributed by atoms with Gasteiger partial charge in [0.1, 0.15) is 4.92 Å². The first-order valence-corrected chi connectivity index (χ1v) is 6.41. The molecule has 2 aromatic rings. The quantitative estimate of drug-likeness (QED) is 0.495. The van der Waals surface area contributed by atoms with Crippen LogP contribution in [0.2, 0.25) is 0 Å². The van der Waals surface area contributed by atoms with Crippen molar-refractivity contribution < 1.29 is 18.9 Å². The van der Waals surface area contributed by atoms with Crippen molar-refractivity contribution in [1.82, 2.24) is 5.43 Å². The molecular formula is C14H12N4O5. The third kappa shape index (κ3) is 4.49. The number of anilines is 1. The summed E-state index contributed by atoms with van der Waals surface area (Å²) in [7, 11) is 0. The summed E-state index contributed by atoms with van der Waals surface area (Å²) >= 11 is 0. The van der Waals surface area contributed by atoms with Crippen molar-refractivity contribution in [3.63, 3.8) is 0 Å². The first-order valence-electron chi connectivity index (χ1n) is 6.41. The number of hydrogen-bond acceptors (Lipinski definition) is 6. The molecule has 23 heavy (non-hydrogen) atoms. The molecule has 0 spiro atoms. The zero-order valence-corrected chi connectivity index (χ0v) is 12.0. The Morgan fingerprint density at radius 3 is 2.74 bits per heavy atom. The number of benzene rings is 1. The lowest BCUT2D eigenvalue weighted by Gasteiger charge is -2.04. The van der Waals surface area contributed by atoms with Gasteiger partial charge in [-0.15, -0.1) is 0 Å². The standard InChI is InChI=1S/C14H12N4O5/c1-9(19)16-11-4-2-3-10(7-11)14(20)17-15-8-12-5-6-13(23-12)18(21)22/h2-8H,1H3,(H,16,19)(H,17,20)/b15-8-. The van der Waals surface area contributed by atoms with Crippen LogP contribution < -0.4 is 10.7 Å². The van der Waals surface area contributed by atoms with E-state index < -0.39 is 16.7 Å². The first kappa shape index (κ1) is 15.9. The summed E-state index contributed by atoms with van der Waals surface area (Å²) in [6.45, 7) is 1.36. The molecule has 0 aliphatic rings. The maximum atomic E-state index is 11.9. The van der Waals surface area contributed by atoms with E-state index in [-0.39, 0.29) is 11.7 Å². The second-order valence-electron chi connectivity index (χ2n) is 4.39. The monoisotopic (exact) mass is 316 g/mol. The maximum Gasteiger partial charge on any atom is 0.433 e. The SMILES string of the molecule is CC(=O)Nc1cccc(C(=O)N/N=C\c2ccc([N+](=O)[O-])o2)c1. The van der Waals surface area contributed by atoms with E-state index >= 15 is 0 Å². The van der Waals surface area contributed by atoms with Gasteiger partial charge in [-0.3, -0.25) is 19.7 Å². The van der Waals surface area contributed by atoms with Crippen molar-refractivity contribution in [2.75, 3.05) is 5.32 Å². The Hall–Kier alpha value is -3.49. The van der Waals surface area contributed by atoms with E-state index in [9.17, 15) is 19.7 Å². The van der Waals surface area contributed by atoms with Crippen LogP contribution in [0.4, 0.5) is 11.6 Å². The predicted octanol–water partition coefficient (Wildman–Crippen LogP) is 1.91. The second kappa shape index (κ2) is 6.98. The van der Waals surface area contributed by atoms with E-state index in [1.165, 1.54) is 25.1 Å². The van der Waals surface area contributed by atoms with E-state index in [4.69, 9.17) is 4.42 Å². The fraction of sp³-hybridized carbons (Fsp3) is 0.0714. The van der Waals surface area contributed by atoms with Gasteiger partial charge in [-0.05, 0) is 24.3 Å². The van der Waals surface area contributed by atoms with Gasteiger partial charge >= 0.3 is 5.88 Å². The molecule has 0 aliphatic heterocycles. The summed E-state index contributed by atoms with van der Waals surface area (Å²) in [5.41, 5.74) is 3.03. The van der Waals surface area contributed by atoms with Crippen molar-refractivity contribution in [3.05, 3.63) is 57.8 Å². The Balaban J connectivity index is 1.99. The fourth-order valence-electron chi connectivity index (χ4n) is 1.67. The summed E-state index contributed by atoms with van der Waals surface area (Å²) in [5.74, 6) is -1.04. The van der Waals surface area contributed by atoms with E-state index in [1.54, 1.807) is 18.2 Å². The molecule has 2 rings (SSSR count). The van der Waals surface area contributed by atoms with Crippen molar-refractivity contribution in [2.45, 2.75) is 6.92 Å².